The summed E-state index contributed by atoms with van der Waals surface area (Å²) in [6.07, 6.45) is 1.74. The third kappa shape index (κ3) is 4.58. The van der Waals surface area contributed by atoms with Crippen LogP contribution >= 0.6 is 12.4 Å². The molecule has 0 saturated carbocycles. The predicted molar refractivity (Wildman–Crippen MR) is 54.5 cm³/mol. The van der Waals surface area contributed by atoms with Gasteiger partial charge in [0, 0.05) is 18.5 Å². The molecule has 0 aromatic carbocycles. The second-order valence-electron chi connectivity index (χ2n) is 3.50. The van der Waals surface area contributed by atoms with E-state index in [0.29, 0.717) is 6.42 Å². The van der Waals surface area contributed by atoms with Crippen molar-refractivity contribution in [2.24, 2.45) is 0 Å². The molecule has 12 heavy (non-hydrogen) atoms. The third-order valence-corrected chi connectivity index (χ3v) is 2.46. The topological polar surface area (TPSA) is 27.0 Å². The van der Waals surface area contributed by atoms with Gasteiger partial charge >= 0.3 is 0 Å². The Kier molecular flexibility index (Phi) is 7.47. The molecule has 0 bridgehead atoms. The molecule has 0 amide bonds. The summed E-state index contributed by atoms with van der Waals surface area (Å²) < 4.78 is 0. The first kappa shape index (κ1) is 14.3. The zero-order chi connectivity index (χ0) is 8.91. The average Bonchev–Trinajstić information content (AvgIpc) is 2.00. The smallest absolute Gasteiger partial charge is 0.0635 e. The fourth-order valence-electron chi connectivity index (χ4n) is 0.790. The van der Waals surface area contributed by atoms with Crippen LogP contribution in [0.1, 0.15) is 33.6 Å². The van der Waals surface area contributed by atoms with Crippen molar-refractivity contribution in [3.63, 3.8) is 0 Å². The number of hydrogen-bond acceptors (Lipinski definition) is 2. The van der Waals surface area contributed by atoms with Gasteiger partial charge in [-0.15, -0.1) is 12.4 Å². The Morgan fingerprint density at radius 1 is 1.42 bits per heavy atom. The van der Waals surface area contributed by atoms with Crippen molar-refractivity contribution in [3.8, 4) is 6.07 Å². The van der Waals surface area contributed by atoms with Crippen LogP contribution < -0.4 is 0 Å². The van der Waals surface area contributed by atoms with Gasteiger partial charge in [0.25, 0.3) is 0 Å². The highest BCUT2D eigenvalue weighted by Gasteiger charge is 2.19. The second-order valence-corrected chi connectivity index (χ2v) is 3.50. The first-order chi connectivity index (χ1) is 5.04. The molecular formula is C9H19ClN2. The molecule has 0 aliphatic carbocycles. The van der Waals surface area contributed by atoms with E-state index in [1.165, 1.54) is 0 Å². The fourth-order valence-corrected chi connectivity index (χ4v) is 0.790. The first-order valence-corrected chi connectivity index (χ1v) is 4.12. The summed E-state index contributed by atoms with van der Waals surface area (Å²) >= 11 is 0. The first-order valence-electron chi connectivity index (χ1n) is 4.12. The Bertz CT molecular complexity index is 149. The van der Waals surface area contributed by atoms with E-state index in [-0.39, 0.29) is 17.9 Å². The van der Waals surface area contributed by atoms with E-state index in [1.54, 1.807) is 0 Å². The fraction of sp³-hybridized carbons (Fsp3) is 0.889. The highest BCUT2D eigenvalue weighted by Crippen LogP contribution is 2.15. The van der Waals surface area contributed by atoms with Gasteiger partial charge in [-0.1, -0.05) is 6.92 Å². The number of halogens is 1. The Hall–Kier alpha value is -0.260. The van der Waals surface area contributed by atoms with Crippen LogP contribution in [0.5, 0.6) is 0 Å². The molecule has 3 heteroatoms. The molecule has 0 radical (unpaired) electrons. The molecule has 0 aliphatic rings. The summed E-state index contributed by atoms with van der Waals surface area (Å²) in [5.41, 5.74) is 0.233. The van der Waals surface area contributed by atoms with E-state index in [2.05, 4.69) is 38.8 Å². The molecule has 0 atom stereocenters. The van der Waals surface area contributed by atoms with Gasteiger partial charge in [-0.3, -0.25) is 0 Å². The van der Waals surface area contributed by atoms with Gasteiger partial charge in [-0.05, 0) is 27.3 Å². The molecule has 0 saturated heterocycles. The van der Waals surface area contributed by atoms with Crippen molar-refractivity contribution in [1.82, 2.24) is 4.90 Å². The van der Waals surface area contributed by atoms with E-state index < -0.39 is 0 Å². The molecule has 0 aromatic heterocycles. The van der Waals surface area contributed by atoms with Crippen molar-refractivity contribution in [2.45, 2.75) is 39.2 Å². The third-order valence-electron chi connectivity index (χ3n) is 2.46. The highest BCUT2D eigenvalue weighted by molar-refractivity contribution is 5.85. The van der Waals surface area contributed by atoms with Crippen LogP contribution in [0.15, 0.2) is 0 Å². The van der Waals surface area contributed by atoms with Gasteiger partial charge in [-0.25, -0.2) is 0 Å². The van der Waals surface area contributed by atoms with E-state index >= 15 is 0 Å². The molecule has 0 rings (SSSR count). The van der Waals surface area contributed by atoms with Crippen LogP contribution in [0.25, 0.3) is 0 Å². The molecule has 2 nitrogen and oxygen atoms in total. The van der Waals surface area contributed by atoms with Crippen molar-refractivity contribution in [2.75, 3.05) is 13.6 Å². The number of nitriles is 1. The lowest BCUT2D eigenvalue weighted by Gasteiger charge is -2.34. The minimum absolute atomic E-state index is 0. The maximum atomic E-state index is 8.38. The van der Waals surface area contributed by atoms with Crippen LogP contribution in [-0.4, -0.2) is 24.0 Å². The van der Waals surface area contributed by atoms with Crippen LogP contribution in [-0.2, 0) is 0 Å². The summed E-state index contributed by atoms with van der Waals surface area (Å²) in [5, 5.41) is 8.38. The highest BCUT2D eigenvalue weighted by atomic mass is 35.5. The minimum atomic E-state index is 0. The Labute approximate surface area is 82.0 Å². The summed E-state index contributed by atoms with van der Waals surface area (Å²) in [6, 6.07) is 2.15. The summed E-state index contributed by atoms with van der Waals surface area (Å²) in [6.45, 7) is 7.44. The van der Waals surface area contributed by atoms with E-state index in [9.17, 15) is 0 Å². The normalized spacial score (nSPS) is 10.7. The largest absolute Gasteiger partial charge is 0.300 e. The molecule has 0 N–H and O–H groups in total. The quantitative estimate of drug-likeness (QED) is 0.681. The summed E-state index contributed by atoms with van der Waals surface area (Å²) in [5.74, 6) is 0. The van der Waals surface area contributed by atoms with Gasteiger partial charge in [0.05, 0.1) is 6.07 Å². The molecule has 0 unspecified atom stereocenters. The van der Waals surface area contributed by atoms with Crippen molar-refractivity contribution in [1.29, 1.82) is 5.26 Å². The Morgan fingerprint density at radius 2 is 1.92 bits per heavy atom. The average molecular weight is 191 g/mol. The molecule has 0 heterocycles. The summed E-state index contributed by atoms with van der Waals surface area (Å²) in [4.78, 5) is 2.23. The minimum Gasteiger partial charge on any atom is -0.300 e. The Morgan fingerprint density at radius 3 is 2.25 bits per heavy atom. The van der Waals surface area contributed by atoms with E-state index in [0.717, 1.165) is 13.0 Å². The van der Waals surface area contributed by atoms with Crippen LogP contribution in [0.2, 0.25) is 0 Å². The Balaban J connectivity index is 0. The van der Waals surface area contributed by atoms with Crippen LogP contribution in [0, 0.1) is 11.3 Å². The van der Waals surface area contributed by atoms with E-state index in [1.807, 2.05) is 0 Å². The van der Waals surface area contributed by atoms with Crippen molar-refractivity contribution < 1.29 is 0 Å². The van der Waals surface area contributed by atoms with Gasteiger partial charge in [-0.2, -0.15) is 5.26 Å². The molecule has 0 aromatic rings. The number of hydrogen-bond donors (Lipinski definition) is 0. The lowest BCUT2D eigenvalue weighted by Crippen LogP contribution is -2.40. The number of rotatable bonds is 4. The van der Waals surface area contributed by atoms with E-state index in [4.69, 9.17) is 5.26 Å². The maximum Gasteiger partial charge on any atom is 0.0635 e. The zero-order valence-electron chi connectivity index (χ0n) is 8.42. The lowest BCUT2D eigenvalue weighted by molar-refractivity contribution is 0.154. The zero-order valence-corrected chi connectivity index (χ0v) is 9.24. The molecule has 0 spiro atoms. The summed E-state index contributed by atoms with van der Waals surface area (Å²) in [7, 11) is 2.07. The van der Waals surface area contributed by atoms with Gasteiger partial charge in [0.15, 0.2) is 0 Å². The SMILES string of the molecule is CCC(C)(C)N(C)CCC#N.Cl. The molecule has 0 fully saturated rings. The van der Waals surface area contributed by atoms with Gasteiger partial charge in [0.2, 0.25) is 0 Å². The van der Waals surface area contributed by atoms with Gasteiger partial charge in [0.1, 0.15) is 0 Å². The lowest BCUT2D eigenvalue weighted by atomic mass is 10.00. The van der Waals surface area contributed by atoms with Crippen LogP contribution in [0.4, 0.5) is 0 Å². The van der Waals surface area contributed by atoms with Crippen molar-refractivity contribution >= 4 is 12.4 Å². The molecular weight excluding hydrogens is 172 g/mol. The number of nitrogens with zero attached hydrogens (tertiary/aromatic N) is 2. The standard InChI is InChI=1S/C9H18N2.ClH/c1-5-9(2,3)11(4)8-6-7-10;/h5-6,8H2,1-4H3;1H. The molecule has 72 valence electrons. The maximum absolute atomic E-state index is 8.38. The predicted octanol–water partition coefficient (Wildman–Crippen LogP) is 2.44. The van der Waals surface area contributed by atoms with Crippen molar-refractivity contribution in [3.05, 3.63) is 0 Å². The van der Waals surface area contributed by atoms with Crippen LogP contribution in [0.3, 0.4) is 0 Å². The monoisotopic (exact) mass is 190 g/mol. The molecule has 0 aliphatic heterocycles. The second kappa shape index (κ2) is 6.28. The van der Waals surface area contributed by atoms with Gasteiger partial charge < -0.3 is 4.90 Å².